The molecule has 0 aliphatic carbocycles. The quantitative estimate of drug-likeness (QED) is 0.653. The van der Waals surface area contributed by atoms with E-state index >= 15 is 0 Å². The average molecular weight is 265 g/mol. The van der Waals surface area contributed by atoms with E-state index in [2.05, 4.69) is 18.3 Å². The second-order valence-electron chi connectivity index (χ2n) is 4.78. The molecule has 3 nitrogen and oxygen atoms in total. The van der Waals surface area contributed by atoms with Gasteiger partial charge < -0.3 is 14.8 Å². The van der Waals surface area contributed by atoms with Crippen LogP contribution in [0, 0.1) is 0 Å². The Balaban J connectivity index is 2.40. The number of ether oxygens (including phenoxy) is 2. The Bertz CT molecular complexity index is 353. The third-order valence-electron chi connectivity index (χ3n) is 3.11. The van der Waals surface area contributed by atoms with Gasteiger partial charge in [0, 0.05) is 6.54 Å². The summed E-state index contributed by atoms with van der Waals surface area (Å²) in [4.78, 5) is 0. The highest BCUT2D eigenvalue weighted by molar-refractivity contribution is 5.42. The number of methoxy groups -OCH3 is 1. The Morgan fingerprint density at radius 1 is 1.05 bits per heavy atom. The van der Waals surface area contributed by atoms with E-state index in [1.54, 1.807) is 7.11 Å². The van der Waals surface area contributed by atoms with E-state index < -0.39 is 0 Å². The minimum atomic E-state index is 0.769. The maximum atomic E-state index is 5.80. The van der Waals surface area contributed by atoms with Gasteiger partial charge >= 0.3 is 0 Å². The van der Waals surface area contributed by atoms with Crippen LogP contribution in [0.15, 0.2) is 18.2 Å². The Hall–Kier alpha value is -1.22. The van der Waals surface area contributed by atoms with Crippen LogP contribution in [0.3, 0.4) is 0 Å². The van der Waals surface area contributed by atoms with E-state index in [9.17, 15) is 0 Å². The van der Waals surface area contributed by atoms with Crippen molar-refractivity contribution >= 4 is 0 Å². The fourth-order valence-electron chi connectivity index (χ4n) is 2.03. The van der Waals surface area contributed by atoms with Crippen molar-refractivity contribution in [1.29, 1.82) is 0 Å². The molecule has 1 N–H and O–H groups in total. The molecule has 0 saturated heterocycles. The van der Waals surface area contributed by atoms with Gasteiger partial charge in [0.25, 0.3) is 0 Å². The first-order valence-corrected chi connectivity index (χ1v) is 7.26. The fourth-order valence-corrected chi connectivity index (χ4v) is 2.03. The molecule has 1 rings (SSSR count). The smallest absolute Gasteiger partial charge is 0.161 e. The number of hydrogen-bond donors (Lipinski definition) is 1. The second-order valence-corrected chi connectivity index (χ2v) is 4.78. The molecule has 0 unspecified atom stereocenters. The van der Waals surface area contributed by atoms with Crippen LogP contribution in [0.1, 0.15) is 44.6 Å². The Morgan fingerprint density at radius 2 is 1.84 bits per heavy atom. The van der Waals surface area contributed by atoms with Crippen LogP contribution in [-0.2, 0) is 6.54 Å². The van der Waals surface area contributed by atoms with Crippen molar-refractivity contribution in [2.45, 2.75) is 45.6 Å². The highest BCUT2D eigenvalue weighted by atomic mass is 16.5. The molecule has 108 valence electrons. The minimum Gasteiger partial charge on any atom is -0.493 e. The molecule has 0 radical (unpaired) electrons. The summed E-state index contributed by atoms with van der Waals surface area (Å²) in [5.74, 6) is 1.67. The van der Waals surface area contributed by atoms with Crippen molar-refractivity contribution in [3.05, 3.63) is 23.8 Å². The Kier molecular flexibility index (Phi) is 8.07. The molecule has 0 aliphatic rings. The normalized spacial score (nSPS) is 10.5. The standard InChI is InChI=1S/C16H27NO2/c1-4-5-6-7-8-11-19-15-10-9-14(13-17-2)12-16(15)18-3/h9-10,12,17H,4-8,11,13H2,1-3H3. The molecule has 0 spiro atoms. The lowest BCUT2D eigenvalue weighted by molar-refractivity contribution is 0.284. The van der Waals surface area contributed by atoms with Crippen molar-refractivity contribution in [1.82, 2.24) is 5.32 Å². The summed E-state index contributed by atoms with van der Waals surface area (Å²) in [5.41, 5.74) is 1.20. The minimum absolute atomic E-state index is 0.769. The van der Waals surface area contributed by atoms with Gasteiger partial charge in [-0.3, -0.25) is 0 Å². The maximum absolute atomic E-state index is 5.80. The Labute approximate surface area is 117 Å². The van der Waals surface area contributed by atoms with E-state index in [1.807, 2.05) is 19.2 Å². The first kappa shape index (κ1) is 15.8. The summed E-state index contributed by atoms with van der Waals surface area (Å²) >= 11 is 0. The summed E-state index contributed by atoms with van der Waals surface area (Å²) in [6.45, 7) is 3.84. The van der Waals surface area contributed by atoms with Gasteiger partial charge in [0.2, 0.25) is 0 Å². The maximum Gasteiger partial charge on any atom is 0.161 e. The molecule has 0 saturated carbocycles. The summed E-state index contributed by atoms with van der Waals surface area (Å²) in [6, 6.07) is 6.10. The highest BCUT2D eigenvalue weighted by Gasteiger charge is 2.05. The third kappa shape index (κ3) is 5.97. The number of unbranched alkanes of at least 4 members (excludes halogenated alkanes) is 4. The number of rotatable bonds is 10. The van der Waals surface area contributed by atoms with Crippen LogP contribution >= 0.6 is 0 Å². The van der Waals surface area contributed by atoms with E-state index in [1.165, 1.54) is 31.2 Å². The first-order valence-electron chi connectivity index (χ1n) is 7.26. The van der Waals surface area contributed by atoms with Gasteiger partial charge in [-0.2, -0.15) is 0 Å². The molecule has 0 atom stereocenters. The second kappa shape index (κ2) is 9.68. The van der Waals surface area contributed by atoms with Crippen LogP contribution < -0.4 is 14.8 Å². The van der Waals surface area contributed by atoms with E-state index in [0.717, 1.165) is 31.1 Å². The molecule has 0 fully saturated rings. The number of hydrogen-bond acceptors (Lipinski definition) is 3. The predicted octanol–water partition coefficient (Wildman–Crippen LogP) is 3.76. The zero-order valence-electron chi connectivity index (χ0n) is 12.5. The lowest BCUT2D eigenvalue weighted by Crippen LogP contribution is -2.06. The molecule has 1 aromatic carbocycles. The van der Waals surface area contributed by atoms with Crippen molar-refractivity contribution in [3.63, 3.8) is 0 Å². The van der Waals surface area contributed by atoms with Crippen LogP contribution in [0.25, 0.3) is 0 Å². The van der Waals surface area contributed by atoms with Gasteiger partial charge in [0.05, 0.1) is 13.7 Å². The monoisotopic (exact) mass is 265 g/mol. The molecule has 0 aromatic heterocycles. The zero-order valence-corrected chi connectivity index (χ0v) is 12.5. The molecule has 0 aliphatic heterocycles. The van der Waals surface area contributed by atoms with Crippen molar-refractivity contribution in [2.75, 3.05) is 20.8 Å². The average Bonchev–Trinajstić information content (AvgIpc) is 2.44. The molecular formula is C16H27NO2. The van der Waals surface area contributed by atoms with Gasteiger partial charge in [0.1, 0.15) is 0 Å². The predicted molar refractivity (Wildman–Crippen MR) is 80.0 cm³/mol. The topological polar surface area (TPSA) is 30.5 Å². The van der Waals surface area contributed by atoms with Crippen LogP contribution in [0.5, 0.6) is 11.5 Å². The van der Waals surface area contributed by atoms with Crippen LogP contribution in [-0.4, -0.2) is 20.8 Å². The summed E-state index contributed by atoms with van der Waals surface area (Å²) < 4.78 is 11.2. The van der Waals surface area contributed by atoms with Crippen molar-refractivity contribution in [2.24, 2.45) is 0 Å². The van der Waals surface area contributed by atoms with Crippen LogP contribution in [0.4, 0.5) is 0 Å². The largest absolute Gasteiger partial charge is 0.493 e. The van der Waals surface area contributed by atoms with Crippen LogP contribution in [0.2, 0.25) is 0 Å². The molecule has 3 heteroatoms. The van der Waals surface area contributed by atoms with E-state index in [0.29, 0.717) is 0 Å². The molecular weight excluding hydrogens is 238 g/mol. The van der Waals surface area contributed by atoms with E-state index in [-0.39, 0.29) is 0 Å². The first-order chi connectivity index (χ1) is 9.31. The number of benzene rings is 1. The molecule has 0 heterocycles. The Morgan fingerprint density at radius 3 is 2.53 bits per heavy atom. The summed E-state index contributed by atoms with van der Waals surface area (Å²) in [5, 5.41) is 3.13. The SMILES string of the molecule is CCCCCCCOc1ccc(CNC)cc1OC. The summed E-state index contributed by atoms with van der Waals surface area (Å²) in [6.07, 6.45) is 6.26. The van der Waals surface area contributed by atoms with Gasteiger partial charge in [-0.1, -0.05) is 38.7 Å². The fraction of sp³-hybridized carbons (Fsp3) is 0.625. The van der Waals surface area contributed by atoms with E-state index in [4.69, 9.17) is 9.47 Å². The zero-order chi connectivity index (χ0) is 13.9. The third-order valence-corrected chi connectivity index (χ3v) is 3.11. The van der Waals surface area contributed by atoms with Crippen molar-refractivity contribution < 1.29 is 9.47 Å². The molecule has 0 amide bonds. The lowest BCUT2D eigenvalue weighted by Gasteiger charge is -2.12. The van der Waals surface area contributed by atoms with Crippen molar-refractivity contribution in [3.8, 4) is 11.5 Å². The number of nitrogens with one attached hydrogen (secondary N) is 1. The lowest BCUT2D eigenvalue weighted by atomic mass is 10.1. The molecule has 19 heavy (non-hydrogen) atoms. The summed E-state index contributed by atoms with van der Waals surface area (Å²) in [7, 11) is 3.62. The highest BCUT2D eigenvalue weighted by Crippen LogP contribution is 2.28. The van der Waals surface area contributed by atoms with Gasteiger partial charge in [0.15, 0.2) is 11.5 Å². The van der Waals surface area contributed by atoms with Gasteiger partial charge in [-0.25, -0.2) is 0 Å². The molecule has 0 bridgehead atoms. The molecule has 1 aromatic rings. The van der Waals surface area contributed by atoms with Gasteiger partial charge in [-0.15, -0.1) is 0 Å². The van der Waals surface area contributed by atoms with Gasteiger partial charge in [-0.05, 0) is 31.2 Å².